The van der Waals surface area contributed by atoms with Crippen molar-refractivity contribution in [3.05, 3.63) is 91.0 Å². The van der Waals surface area contributed by atoms with Gasteiger partial charge in [-0.3, -0.25) is 14.3 Å². The van der Waals surface area contributed by atoms with Crippen molar-refractivity contribution in [2.45, 2.75) is 33.4 Å². The smallest absolute Gasteiger partial charge is 0.133 e. The molecule has 0 aliphatic rings. The fourth-order valence-corrected chi connectivity index (χ4v) is 3.80. The van der Waals surface area contributed by atoms with Crippen LogP contribution < -0.4 is 0 Å². The van der Waals surface area contributed by atoms with E-state index in [0.717, 1.165) is 58.1 Å². The van der Waals surface area contributed by atoms with E-state index in [1.807, 2.05) is 52.4 Å². The minimum atomic E-state index is 0.659. The van der Waals surface area contributed by atoms with E-state index in [0.29, 0.717) is 6.42 Å². The first-order valence-corrected chi connectivity index (χ1v) is 11.2. The number of hydrogen-bond acceptors (Lipinski definition) is 5. The molecule has 4 heterocycles. The molecule has 0 unspecified atom stereocenters. The highest BCUT2D eigenvalue weighted by molar-refractivity contribution is 5.78. The summed E-state index contributed by atoms with van der Waals surface area (Å²) in [5.74, 6) is 0.778. The fraction of sp³-hybridized carbons (Fsp3) is 0.192. The van der Waals surface area contributed by atoms with E-state index in [-0.39, 0.29) is 0 Å². The van der Waals surface area contributed by atoms with E-state index in [1.165, 1.54) is 0 Å². The Balaban J connectivity index is 1.41. The molecule has 0 amide bonds. The minimum absolute atomic E-state index is 0.659. The van der Waals surface area contributed by atoms with Crippen LogP contribution in [0.2, 0.25) is 0 Å². The Labute approximate surface area is 192 Å². The van der Waals surface area contributed by atoms with Gasteiger partial charge in [0.15, 0.2) is 0 Å². The lowest BCUT2D eigenvalue weighted by atomic mass is 10.0. The van der Waals surface area contributed by atoms with Gasteiger partial charge in [-0.2, -0.15) is 10.2 Å². The van der Waals surface area contributed by atoms with Gasteiger partial charge in [0.05, 0.1) is 11.9 Å². The molecule has 0 fully saturated rings. The van der Waals surface area contributed by atoms with E-state index >= 15 is 0 Å². The quantitative estimate of drug-likeness (QED) is 0.364. The van der Waals surface area contributed by atoms with Crippen molar-refractivity contribution in [2.75, 3.05) is 0 Å². The van der Waals surface area contributed by atoms with Crippen LogP contribution in [0.3, 0.4) is 0 Å². The lowest BCUT2D eigenvalue weighted by Crippen LogP contribution is -1.98. The van der Waals surface area contributed by atoms with Crippen LogP contribution in [0.4, 0.5) is 0 Å². The number of aromatic nitrogens is 7. The number of aryl methyl sites for hydroxylation is 2. The van der Waals surface area contributed by atoms with E-state index in [2.05, 4.69) is 59.4 Å². The maximum Gasteiger partial charge on any atom is 0.133 e. The molecule has 33 heavy (non-hydrogen) atoms. The average Bonchev–Trinajstić information content (AvgIpc) is 3.53. The molecule has 0 atom stereocenters. The predicted molar refractivity (Wildman–Crippen MR) is 128 cm³/mol. The van der Waals surface area contributed by atoms with Crippen LogP contribution in [0, 0.1) is 0 Å². The molecule has 0 bridgehead atoms. The van der Waals surface area contributed by atoms with E-state index in [1.54, 1.807) is 6.20 Å². The second-order valence-electron chi connectivity index (χ2n) is 7.81. The van der Waals surface area contributed by atoms with Gasteiger partial charge in [0.25, 0.3) is 0 Å². The first-order chi connectivity index (χ1) is 16.2. The first kappa shape index (κ1) is 20.8. The van der Waals surface area contributed by atoms with E-state index in [9.17, 15) is 0 Å². The number of rotatable bonds is 7. The molecule has 0 saturated carbocycles. The third-order valence-corrected chi connectivity index (χ3v) is 5.61. The maximum atomic E-state index is 4.87. The molecule has 0 spiro atoms. The molecule has 5 rings (SSSR count). The SMILES string of the molecule is CCn1cc(-c2ccc(Cc3nccc(-c4cn(CC)nc4-c4cccnc4)n3)cc2)cn1. The van der Waals surface area contributed by atoms with E-state index < -0.39 is 0 Å². The molecule has 0 aliphatic heterocycles. The van der Waals surface area contributed by atoms with Crippen molar-refractivity contribution >= 4 is 0 Å². The third-order valence-electron chi connectivity index (χ3n) is 5.61. The molecule has 164 valence electrons. The molecule has 0 saturated heterocycles. The van der Waals surface area contributed by atoms with Crippen molar-refractivity contribution in [3.63, 3.8) is 0 Å². The van der Waals surface area contributed by atoms with Gasteiger partial charge in [-0.15, -0.1) is 0 Å². The standard InChI is InChI=1S/C26H25N7/c1-3-32-17-22(16-29-32)20-9-7-19(8-10-20)14-25-28-13-11-24(30-25)23-18-33(4-2)31-26(23)21-6-5-12-27-15-21/h5-13,15-18H,3-4,14H2,1-2H3. The summed E-state index contributed by atoms with van der Waals surface area (Å²) in [5.41, 5.74) is 7.14. The van der Waals surface area contributed by atoms with Crippen molar-refractivity contribution < 1.29 is 0 Å². The summed E-state index contributed by atoms with van der Waals surface area (Å²) in [6, 6.07) is 14.4. The van der Waals surface area contributed by atoms with Crippen molar-refractivity contribution in [3.8, 4) is 33.6 Å². The van der Waals surface area contributed by atoms with Gasteiger partial charge < -0.3 is 0 Å². The Morgan fingerprint density at radius 2 is 1.64 bits per heavy atom. The van der Waals surface area contributed by atoms with Crippen LogP contribution in [0.15, 0.2) is 79.6 Å². The number of nitrogens with zero attached hydrogens (tertiary/aromatic N) is 7. The Morgan fingerprint density at radius 1 is 0.788 bits per heavy atom. The van der Waals surface area contributed by atoms with Gasteiger partial charge in [-0.1, -0.05) is 24.3 Å². The van der Waals surface area contributed by atoms with Crippen LogP contribution in [-0.2, 0) is 19.5 Å². The number of benzene rings is 1. The summed E-state index contributed by atoms with van der Waals surface area (Å²) in [5, 5.41) is 9.11. The van der Waals surface area contributed by atoms with Crippen LogP contribution >= 0.6 is 0 Å². The summed E-state index contributed by atoms with van der Waals surface area (Å²) in [7, 11) is 0. The van der Waals surface area contributed by atoms with E-state index in [4.69, 9.17) is 10.1 Å². The summed E-state index contributed by atoms with van der Waals surface area (Å²) >= 11 is 0. The van der Waals surface area contributed by atoms with Gasteiger partial charge in [0, 0.05) is 67.2 Å². The first-order valence-electron chi connectivity index (χ1n) is 11.2. The Kier molecular flexibility index (Phi) is 5.76. The van der Waals surface area contributed by atoms with Crippen LogP contribution in [0.5, 0.6) is 0 Å². The maximum absolute atomic E-state index is 4.87. The minimum Gasteiger partial charge on any atom is -0.272 e. The molecule has 0 radical (unpaired) electrons. The van der Waals surface area contributed by atoms with Crippen LogP contribution in [0.1, 0.15) is 25.2 Å². The summed E-state index contributed by atoms with van der Waals surface area (Å²) in [6.45, 7) is 5.81. The summed E-state index contributed by atoms with van der Waals surface area (Å²) < 4.78 is 3.86. The van der Waals surface area contributed by atoms with Gasteiger partial charge >= 0.3 is 0 Å². The molecular formula is C26H25N7. The topological polar surface area (TPSA) is 74.3 Å². The highest BCUT2D eigenvalue weighted by Crippen LogP contribution is 2.29. The normalized spacial score (nSPS) is 11.1. The largest absolute Gasteiger partial charge is 0.272 e. The molecule has 7 nitrogen and oxygen atoms in total. The van der Waals surface area contributed by atoms with Crippen LogP contribution in [0.25, 0.3) is 33.6 Å². The molecule has 5 aromatic rings. The fourth-order valence-electron chi connectivity index (χ4n) is 3.80. The number of pyridine rings is 1. The second kappa shape index (κ2) is 9.16. The van der Waals surface area contributed by atoms with Crippen molar-refractivity contribution in [1.29, 1.82) is 0 Å². The molecule has 1 aromatic carbocycles. The van der Waals surface area contributed by atoms with Crippen molar-refractivity contribution in [2.24, 2.45) is 0 Å². The van der Waals surface area contributed by atoms with Gasteiger partial charge in [0.2, 0.25) is 0 Å². The van der Waals surface area contributed by atoms with Gasteiger partial charge in [-0.05, 0) is 43.2 Å². The second-order valence-corrected chi connectivity index (χ2v) is 7.81. The van der Waals surface area contributed by atoms with Gasteiger partial charge in [0.1, 0.15) is 11.5 Å². The molecular weight excluding hydrogens is 410 g/mol. The number of hydrogen-bond donors (Lipinski definition) is 0. The molecule has 0 N–H and O–H groups in total. The van der Waals surface area contributed by atoms with Gasteiger partial charge in [-0.25, -0.2) is 9.97 Å². The molecule has 0 aliphatic carbocycles. The Morgan fingerprint density at radius 3 is 2.36 bits per heavy atom. The Bertz CT molecular complexity index is 1350. The average molecular weight is 436 g/mol. The Hall–Kier alpha value is -4.13. The summed E-state index contributed by atoms with van der Waals surface area (Å²) in [4.78, 5) is 13.6. The highest BCUT2D eigenvalue weighted by atomic mass is 15.3. The zero-order valence-corrected chi connectivity index (χ0v) is 18.8. The zero-order chi connectivity index (χ0) is 22.6. The summed E-state index contributed by atoms with van der Waals surface area (Å²) in [6.07, 6.45) is 12.1. The lowest BCUT2D eigenvalue weighted by Gasteiger charge is -2.06. The zero-order valence-electron chi connectivity index (χ0n) is 18.8. The molecule has 7 heteroatoms. The monoisotopic (exact) mass is 435 g/mol. The van der Waals surface area contributed by atoms with Crippen LogP contribution in [-0.4, -0.2) is 34.5 Å². The predicted octanol–water partition coefficient (Wildman–Crippen LogP) is 4.90. The lowest BCUT2D eigenvalue weighted by molar-refractivity contribution is 0.660. The highest BCUT2D eigenvalue weighted by Gasteiger charge is 2.15. The molecule has 4 aromatic heterocycles. The third kappa shape index (κ3) is 4.43. The van der Waals surface area contributed by atoms with Crippen molar-refractivity contribution in [1.82, 2.24) is 34.5 Å².